The molecule has 0 amide bonds. The Morgan fingerprint density at radius 3 is 2.62 bits per heavy atom. The van der Waals surface area contributed by atoms with Crippen molar-refractivity contribution in [1.82, 2.24) is 24.6 Å². The molecule has 1 unspecified atom stereocenters. The van der Waals surface area contributed by atoms with E-state index < -0.39 is 0 Å². The van der Waals surface area contributed by atoms with Gasteiger partial charge in [-0.15, -0.1) is 10.2 Å². The fourth-order valence-electron chi connectivity index (χ4n) is 2.97. The van der Waals surface area contributed by atoms with Gasteiger partial charge in [0.15, 0.2) is 0 Å². The highest BCUT2D eigenvalue weighted by Gasteiger charge is 2.24. The van der Waals surface area contributed by atoms with E-state index in [4.69, 9.17) is 0 Å². The van der Waals surface area contributed by atoms with E-state index in [0.717, 1.165) is 29.6 Å². The zero-order valence-corrected chi connectivity index (χ0v) is 14.1. The molecule has 6 heteroatoms. The van der Waals surface area contributed by atoms with Crippen molar-refractivity contribution < 1.29 is 0 Å². The summed E-state index contributed by atoms with van der Waals surface area (Å²) in [4.78, 5) is 1.20. The Morgan fingerprint density at radius 1 is 1.00 bits per heavy atom. The maximum absolute atomic E-state index is 4.43. The van der Waals surface area contributed by atoms with Crippen LogP contribution in [0.4, 0.5) is 0 Å². The highest BCUT2D eigenvalue weighted by molar-refractivity contribution is 7.05. The van der Waals surface area contributed by atoms with Gasteiger partial charge in [0.2, 0.25) is 0 Å². The van der Waals surface area contributed by atoms with Crippen molar-refractivity contribution >= 4 is 22.6 Å². The summed E-state index contributed by atoms with van der Waals surface area (Å²) in [6.07, 6.45) is 1.73. The van der Waals surface area contributed by atoms with E-state index in [9.17, 15) is 0 Å². The van der Waals surface area contributed by atoms with Crippen LogP contribution in [0.1, 0.15) is 29.1 Å². The van der Waals surface area contributed by atoms with Crippen LogP contribution in [-0.4, -0.2) is 24.6 Å². The lowest BCUT2D eigenvalue weighted by atomic mass is 10.0. The van der Waals surface area contributed by atoms with Gasteiger partial charge in [0.1, 0.15) is 17.3 Å². The van der Waals surface area contributed by atoms with E-state index in [1.54, 1.807) is 0 Å². The molecule has 0 aliphatic carbocycles. The zero-order chi connectivity index (χ0) is 16.4. The van der Waals surface area contributed by atoms with Crippen molar-refractivity contribution in [3.63, 3.8) is 0 Å². The van der Waals surface area contributed by atoms with Crippen molar-refractivity contribution in [2.24, 2.45) is 0 Å². The summed E-state index contributed by atoms with van der Waals surface area (Å²) in [7, 11) is 0. The summed E-state index contributed by atoms with van der Waals surface area (Å²) in [6.45, 7) is 2.14. The van der Waals surface area contributed by atoms with Gasteiger partial charge in [0.25, 0.3) is 0 Å². The van der Waals surface area contributed by atoms with E-state index >= 15 is 0 Å². The first-order valence-electron chi connectivity index (χ1n) is 8.01. The minimum atomic E-state index is -0.00602. The average molecular weight is 335 g/mol. The topological polar surface area (TPSA) is 56.5 Å². The number of hydrogen-bond acceptors (Lipinski definition) is 5. The second kappa shape index (κ2) is 6.49. The number of rotatable bonds is 5. The first-order valence-corrected chi connectivity index (χ1v) is 8.79. The third-order valence-corrected chi connectivity index (χ3v) is 5.05. The minimum Gasteiger partial charge on any atom is -0.235 e. The predicted octanol–water partition coefficient (Wildman–Crippen LogP) is 3.68. The third-order valence-electron chi connectivity index (χ3n) is 4.17. The summed E-state index contributed by atoms with van der Waals surface area (Å²) in [5.74, 6) is 0. The zero-order valence-electron chi connectivity index (χ0n) is 13.3. The molecule has 0 aliphatic heterocycles. The number of aryl methyl sites for hydroxylation is 1. The van der Waals surface area contributed by atoms with Gasteiger partial charge in [-0.1, -0.05) is 59.1 Å². The Labute approximate surface area is 144 Å². The summed E-state index contributed by atoms with van der Waals surface area (Å²) in [5.41, 5.74) is 4.17. The van der Waals surface area contributed by atoms with E-state index in [1.165, 1.54) is 22.0 Å². The van der Waals surface area contributed by atoms with Crippen LogP contribution in [0.5, 0.6) is 0 Å². The number of fused-ring (bicyclic) bond motifs is 1. The van der Waals surface area contributed by atoms with Gasteiger partial charge in [-0.25, -0.2) is 4.68 Å². The van der Waals surface area contributed by atoms with Crippen molar-refractivity contribution in [3.8, 4) is 0 Å². The molecular formula is C18H17N5S. The van der Waals surface area contributed by atoms with Gasteiger partial charge in [-0.3, -0.25) is 0 Å². The molecule has 1 atom stereocenters. The van der Waals surface area contributed by atoms with Gasteiger partial charge >= 0.3 is 0 Å². The number of para-hydroxylation sites is 1. The molecule has 0 radical (unpaired) electrons. The second-order valence-electron chi connectivity index (χ2n) is 5.66. The lowest BCUT2D eigenvalue weighted by Crippen LogP contribution is -2.17. The summed E-state index contributed by atoms with van der Waals surface area (Å²) in [5, 5.41) is 13.2. The van der Waals surface area contributed by atoms with Crippen molar-refractivity contribution in [1.29, 1.82) is 0 Å². The Hall–Kier alpha value is -2.60. The standard InChI is InChI=1S/C18H17N5S/c1-2-17-18(20-22-24-17)16(12-13-8-4-3-5-9-13)23-15-11-7-6-10-14(15)19-21-23/h3-11,16H,2,12H2,1H3. The molecule has 24 heavy (non-hydrogen) atoms. The highest BCUT2D eigenvalue weighted by Crippen LogP contribution is 2.28. The van der Waals surface area contributed by atoms with Crippen LogP contribution in [0.2, 0.25) is 0 Å². The minimum absolute atomic E-state index is 0.00602. The smallest absolute Gasteiger partial charge is 0.113 e. The quantitative estimate of drug-likeness (QED) is 0.558. The SMILES string of the molecule is CCc1snnc1C(Cc1ccccc1)n1nnc2ccccc21. The van der Waals surface area contributed by atoms with Gasteiger partial charge < -0.3 is 0 Å². The van der Waals surface area contributed by atoms with Crippen LogP contribution < -0.4 is 0 Å². The van der Waals surface area contributed by atoms with Crippen LogP contribution >= 0.6 is 11.5 Å². The molecule has 0 saturated heterocycles. The summed E-state index contributed by atoms with van der Waals surface area (Å²) >= 11 is 1.47. The maximum Gasteiger partial charge on any atom is 0.113 e. The molecular weight excluding hydrogens is 318 g/mol. The van der Waals surface area contributed by atoms with Crippen molar-refractivity contribution in [3.05, 3.63) is 70.7 Å². The van der Waals surface area contributed by atoms with Gasteiger partial charge in [-0.2, -0.15) is 0 Å². The highest BCUT2D eigenvalue weighted by atomic mass is 32.1. The van der Waals surface area contributed by atoms with Crippen molar-refractivity contribution in [2.75, 3.05) is 0 Å². The van der Waals surface area contributed by atoms with Gasteiger partial charge in [-0.05, 0) is 35.6 Å². The lowest BCUT2D eigenvalue weighted by Gasteiger charge is -2.17. The molecule has 2 heterocycles. The van der Waals surface area contributed by atoms with E-state index in [-0.39, 0.29) is 6.04 Å². The first-order chi connectivity index (χ1) is 11.9. The lowest BCUT2D eigenvalue weighted by molar-refractivity contribution is 0.503. The molecule has 0 spiro atoms. The van der Waals surface area contributed by atoms with E-state index in [2.05, 4.69) is 57.2 Å². The van der Waals surface area contributed by atoms with Gasteiger partial charge in [0.05, 0.1) is 10.4 Å². The van der Waals surface area contributed by atoms with Crippen LogP contribution in [-0.2, 0) is 12.8 Å². The first kappa shape index (κ1) is 15.0. The fraction of sp³-hybridized carbons (Fsp3) is 0.222. The molecule has 0 aliphatic rings. The Morgan fingerprint density at radius 2 is 1.79 bits per heavy atom. The maximum atomic E-state index is 4.43. The van der Waals surface area contributed by atoms with Crippen molar-refractivity contribution in [2.45, 2.75) is 25.8 Å². The average Bonchev–Trinajstić information content (AvgIpc) is 3.27. The predicted molar refractivity (Wildman–Crippen MR) is 95.1 cm³/mol. The number of nitrogens with zero attached hydrogens (tertiary/aromatic N) is 5. The summed E-state index contributed by atoms with van der Waals surface area (Å²) < 4.78 is 6.16. The normalized spacial score (nSPS) is 12.5. The van der Waals surface area contributed by atoms with Crippen LogP contribution in [0, 0.1) is 0 Å². The Bertz CT molecular complexity index is 944. The van der Waals surface area contributed by atoms with E-state index in [0.29, 0.717) is 0 Å². The molecule has 0 bridgehead atoms. The van der Waals surface area contributed by atoms with Crippen LogP contribution in [0.15, 0.2) is 54.6 Å². The third kappa shape index (κ3) is 2.69. The fourth-order valence-corrected chi connectivity index (χ4v) is 3.59. The Kier molecular flexibility index (Phi) is 4.04. The molecule has 2 aromatic carbocycles. The molecule has 0 saturated carbocycles. The monoisotopic (exact) mass is 335 g/mol. The molecule has 0 N–H and O–H groups in total. The molecule has 4 rings (SSSR count). The van der Waals surface area contributed by atoms with E-state index in [1.807, 2.05) is 28.9 Å². The second-order valence-corrected chi connectivity index (χ2v) is 6.50. The largest absolute Gasteiger partial charge is 0.235 e. The van der Waals surface area contributed by atoms with Gasteiger partial charge in [0, 0.05) is 6.42 Å². The van der Waals surface area contributed by atoms with Crippen LogP contribution in [0.25, 0.3) is 11.0 Å². The number of aromatic nitrogens is 5. The Balaban J connectivity index is 1.84. The molecule has 4 aromatic rings. The molecule has 120 valence electrons. The molecule has 5 nitrogen and oxygen atoms in total. The molecule has 0 fully saturated rings. The molecule has 2 aromatic heterocycles. The number of benzene rings is 2. The summed E-state index contributed by atoms with van der Waals surface area (Å²) in [6, 6.07) is 18.5. The van der Waals surface area contributed by atoms with Crippen LogP contribution in [0.3, 0.4) is 0 Å². The number of hydrogen-bond donors (Lipinski definition) is 0.